The average Bonchev–Trinajstić information content (AvgIpc) is 3.51. The van der Waals surface area contributed by atoms with Crippen LogP contribution in [0.1, 0.15) is 84.0 Å². The molecule has 0 atom stereocenters. The second kappa shape index (κ2) is 14.6. The molecule has 50 heavy (non-hydrogen) atoms. The summed E-state index contributed by atoms with van der Waals surface area (Å²) < 4.78 is 42.5. The van der Waals surface area contributed by atoms with E-state index in [9.17, 15) is 14.7 Å². The Morgan fingerprint density at radius 1 is 0.960 bits per heavy atom. The first kappa shape index (κ1) is 38.2. The van der Waals surface area contributed by atoms with Crippen molar-refractivity contribution in [2.45, 2.75) is 109 Å². The minimum Gasteiger partial charge on any atom is -0.444 e. The quantitative estimate of drug-likeness (QED) is 0.318. The summed E-state index contributed by atoms with van der Waals surface area (Å²) in [5, 5.41) is 12.0. The minimum absolute atomic E-state index is 0.0516. The van der Waals surface area contributed by atoms with Crippen molar-refractivity contribution in [2.75, 3.05) is 49.1 Å². The lowest BCUT2D eigenvalue weighted by Crippen LogP contribution is -2.59. The van der Waals surface area contributed by atoms with Crippen LogP contribution in [0.2, 0.25) is 10.0 Å². The van der Waals surface area contributed by atoms with Crippen molar-refractivity contribution in [3.8, 4) is 0 Å². The molecular weight excluding hydrogens is 693 g/mol. The Kier molecular flexibility index (Phi) is 11.1. The fourth-order valence-electron chi connectivity index (χ4n) is 6.41. The highest BCUT2D eigenvalue weighted by Crippen LogP contribution is 2.40. The van der Waals surface area contributed by atoms with E-state index in [0.29, 0.717) is 52.9 Å². The molecule has 1 aromatic heterocycles. The van der Waals surface area contributed by atoms with Crippen molar-refractivity contribution in [3.05, 3.63) is 45.1 Å². The number of amides is 2. The third kappa shape index (κ3) is 9.07. The highest BCUT2D eigenvalue weighted by Gasteiger charge is 2.54. The van der Waals surface area contributed by atoms with E-state index < -0.39 is 41.5 Å². The molecule has 1 N–H and O–H groups in total. The van der Waals surface area contributed by atoms with Crippen LogP contribution >= 0.6 is 23.2 Å². The van der Waals surface area contributed by atoms with Crippen LogP contribution in [0.5, 0.6) is 0 Å². The Morgan fingerprint density at radius 2 is 1.60 bits per heavy atom. The van der Waals surface area contributed by atoms with Gasteiger partial charge in [-0.15, -0.1) is 0 Å². The molecule has 2 saturated heterocycles. The molecule has 3 aliphatic rings. The SMILES string of the molecule is CC(C)(C)OC(=O)N1CCc2nc(N3CCC(O)(C(F)(F)CN4CCCC4)CC3)nc(N(Cc3ccc(Cl)cc3Cl)C(=O)OC(C)(C)C)c2C1. The van der Waals surface area contributed by atoms with Crippen molar-refractivity contribution < 1.29 is 33.0 Å². The number of carbonyl (C=O) groups excluding carboxylic acids is 2. The van der Waals surface area contributed by atoms with Crippen LogP contribution in [0.15, 0.2) is 18.2 Å². The number of hydrogen-bond donors (Lipinski definition) is 1. The van der Waals surface area contributed by atoms with E-state index in [1.165, 1.54) is 9.80 Å². The van der Waals surface area contributed by atoms with Gasteiger partial charge in [-0.25, -0.2) is 23.4 Å². The molecule has 3 aliphatic heterocycles. The lowest BCUT2D eigenvalue weighted by molar-refractivity contribution is -0.198. The monoisotopic (exact) mass is 740 g/mol. The van der Waals surface area contributed by atoms with Gasteiger partial charge in [0.15, 0.2) is 0 Å². The second-order valence-electron chi connectivity index (χ2n) is 15.4. The molecule has 276 valence electrons. The highest BCUT2D eigenvalue weighted by atomic mass is 35.5. The summed E-state index contributed by atoms with van der Waals surface area (Å²) in [6.45, 7) is 11.8. The van der Waals surface area contributed by atoms with Gasteiger partial charge < -0.3 is 24.4 Å². The van der Waals surface area contributed by atoms with E-state index in [-0.39, 0.29) is 50.8 Å². The Bertz CT molecular complexity index is 1570. The predicted molar refractivity (Wildman–Crippen MR) is 188 cm³/mol. The van der Waals surface area contributed by atoms with Crippen molar-refractivity contribution >= 4 is 47.2 Å². The number of nitrogens with zero attached hydrogens (tertiary/aromatic N) is 6. The molecule has 0 bridgehead atoms. The largest absolute Gasteiger partial charge is 0.444 e. The molecule has 11 nitrogen and oxygen atoms in total. The first-order valence-corrected chi connectivity index (χ1v) is 17.9. The fourth-order valence-corrected chi connectivity index (χ4v) is 6.87. The second-order valence-corrected chi connectivity index (χ2v) is 16.3. The molecule has 15 heteroatoms. The summed E-state index contributed by atoms with van der Waals surface area (Å²) in [6, 6.07) is 4.94. The average molecular weight is 742 g/mol. The number of halogens is 4. The van der Waals surface area contributed by atoms with Crippen molar-refractivity contribution in [3.63, 3.8) is 0 Å². The number of ether oxygens (including phenoxy) is 2. The number of alkyl halides is 2. The van der Waals surface area contributed by atoms with Gasteiger partial charge in [0, 0.05) is 41.7 Å². The molecule has 2 amide bonds. The maximum Gasteiger partial charge on any atom is 0.416 e. The van der Waals surface area contributed by atoms with Gasteiger partial charge in [-0.2, -0.15) is 4.98 Å². The molecule has 0 spiro atoms. The molecule has 2 fully saturated rings. The first-order valence-electron chi connectivity index (χ1n) is 17.1. The summed E-state index contributed by atoms with van der Waals surface area (Å²) in [4.78, 5) is 43.3. The Morgan fingerprint density at radius 3 is 2.20 bits per heavy atom. The normalized spacial score (nSPS) is 18.5. The third-order valence-corrected chi connectivity index (χ3v) is 9.65. The Balaban J connectivity index is 1.52. The number of piperidine rings is 1. The van der Waals surface area contributed by atoms with Crippen LogP contribution < -0.4 is 9.80 Å². The zero-order valence-electron chi connectivity index (χ0n) is 29.7. The zero-order valence-corrected chi connectivity index (χ0v) is 31.2. The predicted octanol–water partition coefficient (Wildman–Crippen LogP) is 7.08. The number of hydrogen-bond acceptors (Lipinski definition) is 9. The zero-order chi connectivity index (χ0) is 36.6. The molecule has 0 saturated carbocycles. The van der Waals surface area contributed by atoms with Crippen LogP contribution in [0, 0.1) is 0 Å². The number of benzene rings is 1. The molecule has 1 aromatic carbocycles. The van der Waals surface area contributed by atoms with E-state index in [4.69, 9.17) is 42.6 Å². The van der Waals surface area contributed by atoms with E-state index in [1.807, 2.05) is 0 Å². The highest BCUT2D eigenvalue weighted by molar-refractivity contribution is 6.35. The van der Waals surface area contributed by atoms with Crippen LogP contribution in [-0.4, -0.2) is 99.1 Å². The number of aromatic nitrogens is 2. The number of likely N-dealkylation sites (tertiary alicyclic amines) is 1. The van der Waals surface area contributed by atoms with Crippen LogP contribution in [0.25, 0.3) is 0 Å². The van der Waals surface area contributed by atoms with Crippen LogP contribution in [0.3, 0.4) is 0 Å². The number of fused-ring (bicyclic) bond motifs is 1. The number of carbonyl (C=O) groups is 2. The Labute approximate surface area is 302 Å². The Hall–Kier alpha value is -3.00. The first-order chi connectivity index (χ1) is 23.2. The standard InChI is InChI=1S/C35H48Cl2F2N6O5/c1-32(2,3)49-30(46)44-16-11-27-25(21-44)28(45(31(47)50-33(4,5)6)20-23-9-10-24(36)19-26(23)37)41-29(40-27)43-17-12-34(48,13-18-43)35(38,39)22-42-14-7-8-15-42/h9-10,19,48H,7-8,11-18,20-22H2,1-6H3. The maximum absolute atomic E-state index is 15.5. The van der Waals surface area contributed by atoms with Crippen LogP contribution in [-0.2, 0) is 29.0 Å². The van der Waals surface area contributed by atoms with Gasteiger partial charge >= 0.3 is 12.2 Å². The summed E-state index contributed by atoms with van der Waals surface area (Å²) in [6.07, 6.45) is 0.471. The van der Waals surface area contributed by atoms with Crippen molar-refractivity contribution in [2.24, 2.45) is 0 Å². The molecule has 4 heterocycles. The fraction of sp³-hybridized carbons (Fsp3) is 0.657. The summed E-state index contributed by atoms with van der Waals surface area (Å²) in [7, 11) is 0. The van der Waals surface area contributed by atoms with Gasteiger partial charge in [0.1, 0.15) is 22.6 Å². The van der Waals surface area contributed by atoms with Gasteiger partial charge in [-0.05, 0) is 98.0 Å². The third-order valence-electron chi connectivity index (χ3n) is 9.07. The molecule has 5 rings (SSSR count). The molecule has 0 aliphatic carbocycles. The van der Waals surface area contributed by atoms with E-state index >= 15 is 8.78 Å². The molecule has 0 unspecified atom stereocenters. The van der Waals surface area contributed by atoms with Crippen molar-refractivity contribution in [1.29, 1.82) is 0 Å². The van der Waals surface area contributed by atoms with E-state index in [2.05, 4.69) is 0 Å². The van der Waals surface area contributed by atoms with E-state index in [1.54, 1.807) is 69.5 Å². The summed E-state index contributed by atoms with van der Waals surface area (Å²) in [5.74, 6) is -2.87. The maximum atomic E-state index is 15.5. The number of anilines is 2. The minimum atomic E-state index is -3.29. The van der Waals surface area contributed by atoms with Gasteiger partial charge in [-0.3, -0.25) is 9.80 Å². The van der Waals surface area contributed by atoms with Gasteiger partial charge in [0.05, 0.1) is 25.3 Å². The van der Waals surface area contributed by atoms with Gasteiger partial charge in [0.25, 0.3) is 5.92 Å². The smallest absolute Gasteiger partial charge is 0.416 e. The van der Waals surface area contributed by atoms with E-state index in [0.717, 1.165) is 12.8 Å². The lowest BCUT2D eigenvalue weighted by Gasteiger charge is -2.43. The van der Waals surface area contributed by atoms with Gasteiger partial charge in [0.2, 0.25) is 5.95 Å². The molecule has 0 radical (unpaired) electrons. The van der Waals surface area contributed by atoms with Crippen molar-refractivity contribution in [1.82, 2.24) is 19.8 Å². The number of rotatable bonds is 7. The van der Waals surface area contributed by atoms with Crippen LogP contribution in [0.4, 0.5) is 30.1 Å². The lowest BCUT2D eigenvalue weighted by atomic mass is 9.85. The number of aliphatic hydroxyl groups is 1. The summed E-state index contributed by atoms with van der Waals surface area (Å²) >= 11 is 12.7. The summed E-state index contributed by atoms with van der Waals surface area (Å²) in [5.41, 5.74) is -2.08. The molecular formula is C35H48Cl2F2N6O5. The van der Waals surface area contributed by atoms with Gasteiger partial charge in [-0.1, -0.05) is 29.3 Å². The topological polar surface area (TPSA) is 112 Å². The molecule has 2 aromatic rings.